The molecule has 0 aliphatic carbocycles. The van der Waals surface area contributed by atoms with Crippen LogP contribution in [0.2, 0.25) is 0 Å². The van der Waals surface area contributed by atoms with E-state index in [2.05, 4.69) is 15.2 Å². The summed E-state index contributed by atoms with van der Waals surface area (Å²) < 4.78 is 3.38. The number of aromatic nitrogens is 5. The molecule has 7 heteroatoms. The van der Waals surface area contributed by atoms with E-state index >= 15 is 0 Å². The fraction of sp³-hybridized carbons (Fsp3) is 0. The molecule has 0 saturated heterocycles. The molecule has 0 radical (unpaired) electrons. The topological polar surface area (TPSA) is 91.1 Å². The van der Waals surface area contributed by atoms with Crippen LogP contribution in [-0.4, -0.2) is 30.3 Å². The van der Waals surface area contributed by atoms with Gasteiger partial charge >= 0.3 is 0 Å². The Kier molecular flexibility index (Phi) is 2.28. The van der Waals surface area contributed by atoms with Crippen molar-refractivity contribution in [2.24, 2.45) is 5.73 Å². The van der Waals surface area contributed by atoms with Crippen molar-refractivity contribution in [3.05, 3.63) is 54.6 Å². The smallest absolute Gasteiger partial charge is 0.248 e. The summed E-state index contributed by atoms with van der Waals surface area (Å²) in [5.74, 6) is -0.456. The average molecular weight is 278 g/mol. The van der Waals surface area contributed by atoms with Crippen LogP contribution in [-0.2, 0) is 0 Å². The number of rotatable bonds is 2. The first-order chi connectivity index (χ1) is 10.2. The van der Waals surface area contributed by atoms with Gasteiger partial charge in [0, 0.05) is 29.5 Å². The van der Waals surface area contributed by atoms with E-state index in [1.165, 1.54) is 0 Å². The molecule has 4 aromatic rings. The second-order valence-corrected chi connectivity index (χ2v) is 4.63. The van der Waals surface area contributed by atoms with E-state index in [9.17, 15) is 4.79 Å². The fourth-order valence-corrected chi connectivity index (χ4v) is 2.28. The standard InChI is InChI=1S/C14H10N6O/c15-13(21)9-2-3-11-10(6-9)8-20(18-11)12-7-17-19-5-1-4-16-14(12)19/h1-8H,(H2,15,21). The second kappa shape index (κ2) is 4.14. The molecule has 1 amide bonds. The summed E-state index contributed by atoms with van der Waals surface area (Å²) in [5, 5.41) is 9.54. The summed E-state index contributed by atoms with van der Waals surface area (Å²) in [4.78, 5) is 15.5. The summed E-state index contributed by atoms with van der Waals surface area (Å²) in [5.41, 5.74) is 8.00. The molecular formula is C14H10N6O. The molecule has 0 bridgehead atoms. The number of amides is 1. The number of carbonyl (C=O) groups excluding carboxylic acids is 1. The van der Waals surface area contributed by atoms with E-state index in [4.69, 9.17) is 5.73 Å². The SMILES string of the molecule is NC(=O)c1ccc2nn(-c3cnn4cccnc34)cc2c1. The molecule has 21 heavy (non-hydrogen) atoms. The van der Waals surface area contributed by atoms with Crippen molar-refractivity contribution < 1.29 is 4.79 Å². The van der Waals surface area contributed by atoms with E-state index in [0.29, 0.717) is 11.2 Å². The average Bonchev–Trinajstić information content (AvgIpc) is 3.09. The maximum absolute atomic E-state index is 11.2. The Morgan fingerprint density at radius 3 is 3.05 bits per heavy atom. The largest absolute Gasteiger partial charge is 0.366 e. The number of fused-ring (bicyclic) bond motifs is 2. The van der Waals surface area contributed by atoms with Gasteiger partial charge < -0.3 is 5.73 Å². The molecule has 0 aliphatic rings. The third-order valence-corrected chi connectivity index (χ3v) is 3.30. The Labute approximate surface area is 118 Å². The zero-order valence-electron chi connectivity index (χ0n) is 10.8. The molecule has 3 aromatic heterocycles. The third kappa shape index (κ3) is 1.75. The molecule has 0 atom stereocenters. The normalized spacial score (nSPS) is 11.2. The van der Waals surface area contributed by atoms with Gasteiger partial charge in [-0.05, 0) is 24.3 Å². The molecule has 0 unspecified atom stereocenters. The van der Waals surface area contributed by atoms with Gasteiger partial charge in [0.2, 0.25) is 5.91 Å². The highest BCUT2D eigenvalue weighted by Gasteiger charge is 2.10. The van der Waals surface area contributed by atoms with Crippen molar-refractivity contribution >= 4 is 22.5 Å². The highest BCUT2D eigenvalue weighted by Crippen LogP contribution is 2.19. The molecule has 1 aromatic carbocycles. The lowest BCUT2D eigenvalue weighted by atomic mass is 10.1. The first kappa shape index (κ1) is 11.6. The number of nitrogens with zero attached hydrogens (tertiary/aromatic N) is 5. The molecule has 3 heterocycles. The Hall–Kier alpha value is -3.22. The minimum Gasteiger partial charge on any atom is -0.366 e. The van der Waals surface area contributed by atoms with Crippen LogP contribution in [0, 0.1) is 0 Å². The van der Waals surface area contributed by atoms with Gasteiger partial charge in [0.1, 0.15) is 5.69 Å². The molecular weight excluding hydrogens is 268 g/mol. The Bertz CT molecular complexity index is 983. The van der Waals surface area contributed by atoms with Crippen molar-refractivity contribution in [3.63, 3.8) is 0 Å². The monoisotopic (exact) mass is 278 g/mol. The fourth-order valence-electron chi connectivity index (χ4n) is 2.28. The number of nitrogens with two attached hydrogens (primary N) is 1. The minimum absolute atomic E-state index is 0.456. The lowest BCUT2D eigenvalue weighted by molar-refractivity contribution is 0.100. The van der Waals surface area contributed by atoms with E-state index in [-0.39, 0.29) is 0 Å². The van der Waals surface area contributed by atoms with Crippen LogP contribution in [0.25, 0.3) is 22.2 Å². The predicted molar refractivity (Wildman–Crippen MR) is 76.1 cm³/mol. The van der Waals surface area contributed by atoms with Gasteiger partial charge in [-0.1, -0.05) is 0 Å². The van der Waals surface area contributed by atoms with Gasteiger partial charge in [-0.3, -0.25) is 4.79 Å². The van der Waals surface area contributed by atoms with Crippen LogP contribution in [0.4, 0.5) is 0 Å². The molecule has 4 rings (SSSR count). The minimum atomic E-state index is -0.456. The van der Waals surface area contributed by atoms with Crippen molar-refractivity contribution in [2.75, 3.05) is 0 Å². The summed E-state index contributed by atoms with van der Waals surface area (Å²) in [6.07, 6.45) is 7.05. The van der Waals surface area contributed by atoms with E-state index in [0.717, 1.165) is 16.6 Å². The first-order valence-electron chi connectivity index (χ1n) is 6.30. The van der Waals surface area contributed by atoms with E-state index in [1.807, 2.05) is 18.5 Å². The van der Waals surface area contributed by atoms with Crippen molar-refractivity contribution in [2.45, 2.75) is 0 Å². The van der Waals surface area contributed by atoms with Gasteiger partial charge in [-0.15, -0.1) is 0 Å². The lowest BCUT2D eigenvalue weighted by Crippen LogP contribution is -2.10. The number of hydrogen-bond acceptors (Lipinski definition) is 4. The molecule has 0 fully saturated rings. The molecule has 102 valence electrons. The maximum Gasteiger partial charge on any atom is 0.248 e. The first-order valence-corrected chi connectivity index (χ1v) is 6.30. The van der Waals surface area contributed by atoms with E-state index < -0.39 is 5.91 Å². The highest BCUT2D eigenvalue weighted by molar-refractivity contribution is 5.96. The van der Waals surface area contributed by atoms with Crippen molar-refractivity contribution in [1.29, 1.82) is 0 Å². The molecule has 0 aliphatic heterocycles. The summed E-state index contributed by atoms with van der Waals surface area (Å²) in [6.45, 7) is 0. The predicted octanol–water partition coefficient (Wildman–Crippen LogP) is 1.17. The third-order valence-electron chi connectivity index (χ3n) is 3.30. The molecule has 7 nitrogen and oxygen atoms in total. The Morgan fingerprint density at radius 2 is 2.19 bits per heavy atom. The zero-order chi connectivity index (χ0) is 14.4. The zero-order valence-corrected chi connectivity index (χ0v) is 10.8. The number of hydrogen-bond donors (Lipinski definition) is 1. The Morgan fingerprint density at radius 1 is 1.29 bits per heavy atom. The summed E-state index contributed by atoms with van der Waals surface area (Å²) in [7, 11) is 0. The van der Waals surface area contributed by atoms with Crippen LogP contribution >= 0.6 is 0 Å². The lowest BCUT2D eigenvalue weighted by Gasteiger charge is -1.96. The van der Waals surface area contributed by atoms with Crippen LogP contribution < -0.4 is 5.73 Å². The van der Waals surface area contributed by atoms with Gasteiger partial charge in [0.15, 0.2) is 5.65 Å². The quantitative estimate of drug-likeness (QED) is 0.595. The van der Waals surface area contributed by atoms with Crippen molar-refractivity contribution in [3.8, 4) is 5.69 Å². The second-order valence-electron chi connectivity index (χ2n) is 4.63. The highest BCUT2D eigenvalue weighted by atomic mass is 16.1. The van der Waals surface area contributed by atoms with Crippen LogP contribution in [0.5, 0.6) is 0 Å². The van der Waals surface area contributed by atoms with Crippen LogP contribution in [0.3, 0.4) is 0 Å². The Balaban J connectivity index is 1.92. The number of benzene rings is 1. The molecule has 2 N–H and O–H groups in total. The summed E-state index contributed by atoms with van der Waals surface area (Å²) >= 11 is 0. The number of primary amides is 1. The van der Waals surface area contributed by atoms with Gasteiger partial charge in [0.25, 0.3) is 0 Å². The van der Waals surface area contributed by atoms with Gasteiger partial charge in [-0.25, -0.2) is 14.2 Å². The van der Waals surface area contributed by atoms with Gasteiger partial charge in [0.05, 0.1) is 11.7 Å². The molecule has 0 spiro atoms. The van der Waals surface area contributed by atoms with E-state index in [1.54, 1.807) is 39.8 Å². The molecule has 0 saturated carbocycles. The number of carbonyl (C=O) groups is 1. The van der Waals surface area contributed by atoms with Crippen LogP contribution in [0.1, 0.15) is 10.4 Å². The van der Waals surface area contributed by atoms with Crippen LogP contribution in [0.15, 0.2) is 49.1 Å². The van der Waals surface area contributed by atoms with Crippen molar-refractivity contribution in [1.82, 2.24) is 24.4 Å². The van der Waals surface area contributed by atoms with Gasteiger partial charge in [-0.2, -0.15) is 10.2 Å². The summed E-state index contributed by atoms with van der Waals surface area (Å²) in [6, 6.07) is 6.96. The maximum atomic E-state index is 11.2.